The molecule has 4 nitrogen and oxygen atoms in total. The zero-order chi connectivity index (χ0) is 18.0. The van der Waals surface area contributed by atoms with Gasteiger partial charge in [-0.05, 0) is 66.9 Å². The van der Waals surface area contributed by atoms with Crippen LogP contribution >= 0.6 is 15.9 Å². The normalized spacial score (nSPS) is 15.8. The van der Waals surface area contributed by atoms with Crippen molar-refractivity contribution < 1.29 is 9.59 Å². The number of amides is 2. The Hall–Kier alpha value is -2.27. The summed E-state index contributed by atoms with van der Waals surface area (Å²) in [6.07, 6.45) is 2.50. The fraction of sp³-hybridized carbons (Fsp3) is 0.250. The molecule has 1 N–H and O–H groups in total. The number of aryl methyl sites for hydroxylation is 2. The van der Waals surface area contributed by atoms with Gasteiger partial charge in [0, 0.05) is 16.6 Å². The van der Waals surface area contributed by atoms with Crippen molar-refractivity contribution in [3.63, 3.8) is 0 Å². The molecule has 0 spiro atoms. The van der Waals surface area contributed by atoms with E-state index in [1.54, 1.807) is 12.1 Å². The lowest BCUT2D eigenvalue weighted by molar-refractivity contribution is -0.120. The summed E-state index contributed by atoms with van der Waals surface area (Å²) in [5.74, 6) is -0.585. The first kappa shape index (κ1) is 17.5. The minimum Gasteiger partial charge on any atom is -0.352 e. The van der Waals surface area contributed by atoms with Crippen LogP contribution in [0.1, 0.15) is 27.9 Å². The van der Waals surface area contributed by atoms with E-state index >= 15 is 0 Å². The van der Waals surface area contributed by atoms with Crippen LogP contribution in [-0.4, -0.2) is 18.4 Å². The molecule has 0 fully saturated rings. The van der Waals surface area contributed by atoms with Gasteiger partial charge >= 0.3 is 0 Å². The highest BCUT2D eigenvalue weighted by molar-refractivity contribution is 9.10. The SMILES string of the molecule is Cc1cc2c(cc1C)=NC(=O)C(CCNC(=O)c1cccc(Br)c1)C=2. The predicted molar refractivity (Wildman–Crippen MR) is 101 cm³/mol. The maximum atomic E-state index is 12.2. The van der Waals surface area contributed by atoms with Gasteiger partial charge in [0.25, 0.3) is 11.8 Å². The van der Waals surface area contributed by atoms with Crippen molar-refractivity contribution in [2.75, 3.05) is 6.54 Å². The number of nitrogens with one attached hydrogen (secondary N) is 1. The Kier molecular flexibility index (Phi) is 5.13. The van der Waals surface area contributed by atoms with Crippen LogP contribution in [0.5, 0.6) is 0 Å². The minimum absolute atomic E-state index is 0.145. The highest BCUT2D eigenvalue weighted by atomic mass is 79.9. The van der Waals surface area contributed by atoms with Gasteiger partial charge in [-0.3, -0.25) is 9.59 Å². The van der Waals surface area contributed by atoms with Gasteiger partial charge in [0.05, 0.1) is 11.3 Å². The third kappa shape index (κ3) is 4.04. The molecule has 0 bridgehead atoms. The first-order chi connectivity index (χ1) is 11.9. The summed E-state index contributed by atoms with van der Waals surface area (Å²) in [6.45, 7) is 4.49. The molecule has 3 rings (SSSR count). The van der Waals surface area contributed by atoms with Crippen LogP contribution in [0, 0.1) is 19.8 Å². The molecule has 0 radical (unpaired) electrons. The molecular formula is C20H19BrN2O2. The lowest BCUT2D eigenvalue weighted by Crippen LogP contribution is -2.36. The Morgan fingerprint density at radius 1 is 1.20 bits per heavy atom. The smallest absolute Gasteiger partial charge is 0.253 e. The van der Waals surface area contributed by atoms with E-state index in [0.29, 0.717) is 18.5 Å². The summed E-state index contributed by atoms with van der Waals surface area (Å²) in [6, 6.07) is 11.2. The first-order valence-electron chi connectivity index (χ1n) is 8.19. The van der Waals surface area contributed by atoms with Gasteiger partial charge in [0.1, 0.15) is 0 Å². The molecule has 0 aliphatic carbocycles. The third-order valence-electron chi connectivity index (χ3n) is 4.40. The fourth-order valence-electron chi connectivity index (χ4n) is 2.82. The van der Waals surface area contributed by atoms with E-state index in [0.717, 1.165) is 20.6 Å². The molecule has 1 aliphatic heterocycles. The molecule has 128 valence electrons. The average Bonchev–Trinajstić information content (AvgIpc) is 2.57. The molecule has 0 saturated carbocycles. The van der Waals surface area contributed by atoms with Crippen LogP contribution in [0.25, 0.3) is 6.08 Å². The topological polar surface area (TPSA) is 58.5 Å². The molecule has 2 amide bonds. The van der Waals surface area contributed by atoms with Crippen molar-refractivity contribution in [1.82, 2.24) is 5.32 Å². The largest absolute Gasteiger partial charge is 0.352 e. The molecule has 1 atom stereocenters. The van der Waals surface area contributed by atoms with Crippen molar-refractivity contribution in [2.24, 2.45) is 10.9 Å². The molecule has 2 aromatic carbocycles. The van der Waals surface area contributed by atoms with E-state index in [-0.39, 0.29) is 17.7 Å². The predicted octanol–water partition coefficient (Wildman–Crippen LogP) is 2.44. The van der Waals surface area contributed by atoms with Gasteiger partial charge in [-0.15, -0.1) is 0 Å². The third-order valence-corrected chi connectivity index (χ3v) is 4.89. The van der Waals surface area contributed by atoms with Crippen molar-refractivity contribution >= 4 is 33.8 Å². The van der Waals surface area contributed by atoms with Crippen molar-refractivity contribution in [2.45, 2.75) is 20.3 Å². The second kappa shape index (κ2) is 7.31. The number of rotatable bonds is 4. The Morgan fingerprint density at radius 3 is 2.72 bits per heavy atom. The molecular weight excluding hydrogens is 380 g/mol. The molecule has 0 aromatic heterocycles. The van der Waals surface area contributed by atoms with Crippen molar-refractivity contribution in [3.05, 3.63) is 68.1 Å². The minimum atomic E-state index is -0.294. The second-order valence-electron chi connectivity index (χ2n) is 6.27. The summed E-state index contributed by atoms with van der Waals surface area (Å²) in [4.78, 5) is 28.6. The Balaban J connectivity index is 1.67. The summed E-state index contributed by atoms with van der Waals surface area (Å²) in [7, 11) is 0. The summed E-state index contributed by atoms with van der Waals surface area (Å²) in [5.41, 5.74) is 2.90. The van der Waals surface area contributed by atoms with E-state index in [1.807, 2.05) is 38.1 Å². The van der Waals surface area contributed by atoms with Crippen LogP contribution in [0.15, 0.2) is 45.9 Å². The maximum Gasteiger partial charge on any atom is 0.253 e. The summed E-state index contributed by atoms with van der Waals surface area (Å²) >= 11 is 3.35. The number of fused-ring (bicyclic) bond motifs is 1. The molecule has 1 heterocycles. The van der Waals surface area contributed by atoms with E-state index in [2.05, 4.69) is 32.3 Å². The van der Waals surface area contributed by atoms with E-state index < -0.39 is 0 Å². The summed E-state index contributed by atoms with van der Waals surface area (Å²) < 4.78 is 0.858. The van der Waals surface area contributed by atoms with Crippen LogP contribution in [-0.2, 0) is 4.79 Å². The molecule has 1 unspecified atom stereocenters. The fourth-order valence-corrected chi connectivity index (χ4v) is 3.22. The van der Waals surface area contributed by atoms with E-state index in [9.17, 15) is 9.59 Å². The lowest BCUT2D eigenvalue weighted by atomic mass is 9.98. The van der Waals surface area contributed by atoms with Gasteiger partial charge in [-0.2, -0.15) is 0 Å². The standard InChI is InChI=1S/C20H19BrN2O2/c1-12-8-16-10-15(20(25)23-18(16)9-13(12)2)6-7-22-19(24)14-4-3-5-17(21)11-14/h3-5,8-11,15H,6-7H2,1-2H3,(H,22,24). The van der Waals surface area contributed by atoms with Gasteiger partial charge in [0.15, 0.2) is 0 Å². The van der Waals surface area contributed by atoms with Gasteiger partial charge < -0.3 is 5.32 Å². The lowest BCUT2D eigenvalue weighted by Gasteiger charge is -2.13. The summed E-state index contributed by atoms with van der Waals surface area (Å²) in [5, 5.41) is 4.59. The highest BCUT2D eigenvalue weighted by Gasteiger charge is 2.18. The monoisotopic (exact) mass is 398 g/mol. The van der Waals surface area contributed by atoms with Gasteiger partial charge in [-0.25, -0.2) is 4.99 Å². The van der Waals surface area contributed by atoms with E-state index in [4.69, 9.17) is 0 Å². The zero-order valence-corrected chi connectivity index (χ0v) is 15.8. The molecule has 5 heteroatoms. The highest BCUT2D eigenvalue weighted by Crippen LogP contribution is 2.12. The number of halogens is 1. The van der Waals surface area contributed by atoms with Gasteiger partial charge in [0.2, 0.25) is 0 Å². The number of hydrogen-bond acceptors (Lipinski definition) is 2. The Labute approximate surface area is 154 Å². The van der Waals surface area contributed by atoms with E-state index in [1.165, 1.54) is 5.56 Å². The molecule has 1 aliphatic rings. The van der Waals surface area contributed by atoms with Crippen LogP contribution < -0.4 is 15.9 Å². The Morgan fingerprint density at radius 2 is 1.96 bits per heavy atom. The van der Waals surface area contributed by atoms with Crippen molar-refractivity contribution in [3.8, 4) is 0 Å². The quantitative estimate of drug-likeness (QED) is 0.859. The number of nitrogens with zero attached hydrogens (tertiary/aromatic N) is 1. The maximum absolute atomic E-state index is 12.2. The zero-order valence-electron chi connectivity index (χ0n) is 14.2. The first-order valence-corrected chi connectivity index (χ1v) is 8.99. The van der Waals surface area contributed by atoms with Crippen LogP contribution in [0.4, 0.5) is 0 Å². The Bertz CT molecular complexity index is 966. The van der Waals surface area contributed by atoms with Crippen LogP contribution in [0.2, 0.25) is 0 Å². The number of carbonyl (C=O) groups is 2. The molecule has 2 aromatic rings. The molecule has 0 saturated heterocycles. The average molecular weight is 399 g/mol. The van der Waals surface area contributed by atoms with Crippen LogP contribution in [0.3, 0.4) is 0 Å². The van der Waals surface area contributed by atoms with Crippen molar-refractivity contribution in [1.29, 1.82) is 0 Å². The molecule has 25 heavy (non-hydrogen) atoms. The number of hydrogen-bond donors (Lipinski definition) is 1. The second-order valence-corrected chi connectivity index (χ2v) is 7.19. The van der Waals surface area contributed by atoms with Gasteiger partial charge in [-0.1, -0.05) is 28.1 Å². The number of benzene rings is 2. The number of carbonyl (C=O) groups excluding carboxylic acids is 2.